The van der Waals surface area contributed by atoms with Crippen LogP contribution in [0.25, 0.3) is 0 Å². The minimum atomic E-state index is -4.25. The van der Waals surface area contributed by atoms with E-state index in [0.717, 1.165) is 11.3 Å². The van der Waals surface area contributed by atoms with Crippen LogP contribution in [0.3, 0.4) is 0 Å². The molecule has 1 unspecified atom stereocenters. The number of nitrogens with one attached hydrogen (secondary N) is 3. The molecule has 0 bridgehead atoms. The number of rotatable bonds is 10. The van der Waals surface area contributed by atoms with E-state index in [9.17, 15) is 18.0 Å². The maximum Gasteiger partial charge on any atom is 0.330 e. The minimum Gasteiger partial charge on any atom is -0.497 e. The Morgan fingerprint density at radius 1 is 1.11 bits per heavy atom. The van der Waals surface area contributed by atoms with Crippen molar-refractivity contribution in [2.24, 2.45) is 7.05 Å². The van der Waals surface area contributed by atoms with Crippen LogP contribution in [-0.2, 0) is 28.5 Å². The first-order chi connectivity index (χ1) is 17.5. The first kappa shape index (κ1) is 27.7. The number of likely N-dealkylation sites (N-methyl/N-ethyl adjacent to an activating group) is 1. The van der Waals surface area contributed by atoms with Crippen LogP contribution < -0.4 is 24.4 Å². The molecule has 3 N–H and O–H groups in total. The van der Waals surface area contributed by atoms with Crippen molar-refractivity contribution in [1.29, 1.82) is 0 Å². The molecule has 37 heavy (non-hydrogen) atoms. The van der Waals surface area contributed by atoms with Gasteiger partial charge in [0.1, 0.15) is 11.8 Å². The number of nitrogens with zero attached hydrogens (tertiary/aromatic N) is 3. The normalized spacial score (nSPS) is 12.9. The maximum absolute atomic E-state index is 13.4. The van der Waals surface area contributed by atoms with Gasteiger partial charge in [0.2, 0.25) is 5.91 Å². The molecule has 1 heterocycles. The highest BCUT2D eigenvalue weighted by molar-refractivity contribution is 7.88. The van der Waals surface area contributed by atoms with Crippen molar-refractivity contribution in [3.63, 3.8) is 0 Å². The summed E-state index contributed by atoms with van der Waals surface area (Å²) in [6, 6.07) is 13.3. The van der Waals surface area contributed by atoms with Crippen molar-refractivity contribution in [2.75, 3.05) is 19.1 Å². The molecule has 0 fully saturated rings. The second-order valence-corrected chi connectivity index (χ2v) is 10.0. The number of carbonyl (C=O) groups is 2. The quantitative estimate of drug-likeness (QED) is 0.369. The van der Waals surface area contributed by atoms with Gasteiger partial charge in [0.25, 0.3) is 0 Å². The van der Waals surface area contributed by atoms with E-state index < -0.39 is 34.2 Å². The molecule has 12 heteroatoms. The van der Waals surface area contributed by atoms with Gasteiger partial charge in [0.05, 0.1) is 13.3 Å². The highest BCUT2D eigenvalue weighted by atomic mass is 32.2. The summed E-state index contributed by atoms with van der Waals surface area (Å²) in [4.78, 5) is 27.5. The Bertz CT molecular complexity index is 1330. The number of urea groups is 1. The number of amides is 3. The Balaban J connectivity index is 1.74. The molecule has 0 radical (unpaired) electrons. The molecule has 1 aromatic heterocycles. The molecule has 3 aromatic rings. The van der Waals surface area contributed by atoms with Gasteiger partial charge < -0.3 is 15.0 Å². The second-order valence-electron chi connectivity index (χ2n) is 8.57. The van der Waals surface area contributed by atoms with Gasteiger partial charge in [0.15, 0.2) is 0 Å². The monoisotopic (exact) mass is 528 g/mol. The SMILES string of the molecule is COc1ccc(N(C)C(=O)[C@H](Cc2ccccc2)NC(=O)NS(=O)(=O)NC(C)c2cnn(C)c2C)cc1. The van der Waals surface area contributed by atoms with Gasteiger partial charge in [-0.25, -0.2) is 9.52 Å². The summed E-state index contributed by atoms with van der Waals surface area (Å²) in [7, 11) is 0.628. The predicted octanol–water partition coefficient (Wildman–Crippen LogP) is 2.21. The number of ether oxygens (including phenoxy) is 1. The van der Waals surface area contributed by atoms with Crippen LogP contribution >= 0.6 is 0 Å². The highest BCUT2D eigenvalue weighted by Crippen LogP contribution is 2.20. The third-order valence-corrected chi connectivity index (χ3v) is 7.09. The van der Waals surface area contributed by atoms with Crippen LogP contribution in [0, 0.1) is 6.92 Å². The lowest BCUT2D eigenvalue weighted by Crippen LogP contribution is -2.54. The number of carbonyl (C=O) groups excluding carboxylic acids is 2. The van der Waals surface area contributed by atoms with Crippen molar-refractivity contribution < 1.29 is 22.7 Å². The van der Waals surface area contributed by atoms with E-state index in [1.807, 2.05) is 42.0 Å². The summed E-state index contributed by atoms with van der Waals surface area (Å²) in [5, 5.41) is 6.63. The number of aromatic nitrogens is 2. The van der Waals surface area contributed by atoms with Crippen molar-refractivity contribution in [3.8, 4) is 5.75 Å². The van der Waals surface area contributed by atoms with Gasteiger partial charge in [-0.3, -0.25) is 9.48 Å². The van der Waals surface area contributed by atoms with Crippen LogP contribution in [0.4, 0.5) is 10.5 Å². The van der Waals surface area contributed by atoms with Gasteiger partial charge >= 0.3 is 16.2 Å². The smallest absolute Gasteiger partial charge is 0.330 e. The average molecular weight is 529 g/mol. The molecule has 198 valence electrons. The maximum atomic E-state index is 13.4. The van der Waals surface area contributed by atoms with Crippen molar-refractivity contribution >= 4 is 27.8 Å². The number of benzene rings is 2. The lowest BCUT2D eigenvalue weighted by atomic mass is 10.0. The van der Waals surface area contributed by atoms with Crippen LogP contribution in [0.5, 0.6) is 5.75 Å². The molecule has 0 aliphatic rings. The van der Waals surface area contributed by atoms with E-state index in [-0.39, 0.29) is 6.42 Å². The molecule has 3 amide bonds. The molecule has 2 atom stereocenters. The van der Waals surface area contributed by atoms with Gasteiger partial charge in [-0.2, -0.15) is 18.2 Å². The number of hydrogen-bond donors (Lipinski definition) is 3. The van der Waals surface area contributed by atoms with Gasteiger partial charge in [-0.15, -0.1) is 0 Å². The molecule has 0 saturated heterocycles. The van der Waals surface area contributed by atoms with E-state index in [1.54, 1.807) is 63.3 Å². The molecule has 11 nitrogen and oxygen atoms in total. The summed E-state index contributed by atoms with van der Waals surface area (Å²) in [5.74, 6) is 0.213. The van der Waals surface area contributed by atoms with Gasteiger partial charge in [0, 0.05) is 43.5 Å². The Hall–Kier alpha value is -3.90. The first-order valence-corrected chi connectivity index (χ1v) is 13.0. The summed E-state index contributed by atoms with van der Waals surface area (Å²) in [5.41, 5.74) is 2.84. The van der Waals surface area contributed by atoms with E-state index >= 15 is 0 Å². The summed E-state index contributed by atoms with van der Waals surface area (Å²) >= 11 is 0. The van der Waals surface area contributed by atoms with E-state index in [0.29, 0.717) is 17.0 Å². The lowest BCUT2D eigenvalue weighted by Gasteiger charge is -2.25. The van der Waals surface area contributed by atoms with E-state index in [1.165, 1.54) is 4.90 Å². The fourth-order valence-electron chi connectivity index (χ4n) is 3.79. The van der Waals surface area contributed by atoms with Crippen LogP contribution in [0.15, 0.2) is 60.8 Å². The van der Waals surface area contributed by atoms with E-state index in [4.69, 9.17) is 4.74 Å². The number of hydrogen-bond acceptors (Lipinski definition) is 6. The molecule has 0 aliphatic carbocycles. The average Bonchev–Trinajstić information content (AvgIpc) is 3.20. The minimum absolute atomic E-state index is 0.159. The largest absolute Gasteiger partial charge is 0.497 e. The Morgan fingerprint density at radius 2 is 1.76 bits per heavy atom. The molecular weight excluding hydrogens is 496 g/mol. The van der Waals surface area contributed by atoms with Crippen molar-refractivity contribution in [3.05, 3.63) is 77.6 Å². The summed E-state index contributed by atoms with van der Waals surface area (Å²) < 4.78 is 36.4. The predicted molar refractivity (Wildman–Crippen MR) is 140 cm³/mol. The lowest BCUT2D eigenvalue weighted by molar-refractivity contribution is -0.120. The Kier molecular flexibility index (Phi) is 8.90. The Morgan fingerprint density at radius 3 is 2.32 bits per heavy atom. The van der Waals surface area contributed by atoms with Crippen LogP contribution in [-0.4, -0.2) is 50.3 Å². The zero-order chi connectivity index (χ0) is 27.2. The third-order valence-electron chi connectivity index (χ3n) is 5.98. The van der Waals surface area contributed by atoms with Crippen molar-refractivity contribution in [1.82, 2.24) is 24.5 Å². The molecule has 3 rings (SSSR count). The third kappa shape index (κ3) is 7.30. The Labute approximate surface area is 217 Å². The second kappa shape index (κ2) is 11.9. The molecule has 0 saturated carbocycles. The first-order valence-electron chi connectivity index (χ1n) is 11.6. The van der Waals surface area contributed by atoms with Gasteiger partial charge in [-0.1, -0.05) is 30.3 Å². The van der Waals surface area contributed by atoms with Crippen LogP contribution in [0.1, 0.15) is 29.8 Å². The summed E-state index contributed by atoms with van der Waals surface area (Å²) in [6.07, 6.45) is 1.72. The van der Waals surface area contributed by atoms with Crippen LogP contribution in [0.2, 0.25) is 0 Å². The zero-order valence-corrected chi connectivity index (χ0v) is 22.2. The fourth-order valence-corrected chi connectivity index (χ4v) is 4.75. The standard InChI is InChI=1S/C25H32N6O5S/c1-17(22-16-26-31(4)18(22)2)28-37(34,35)29-25(33)27-23(15-19-9-7-6-8-10-19)24(32)30(3)20-11-13-21(36-5)14-12-20/h6-14,16-17,23,28H,15H2,1-5H3,(H2,27,29,33)/t17?,23-/m0/s1. The molecular formula is C25H32N6O5S. The van der Waals surface area contributed by atoms with Gasteiger partial charge in [-0.05, 0) is 43.7 Å². The molecule has 2 aromatic carbocycles. The zero-order valence-electron chi connectivity index (χ0n) is 21.4. The van der Waals surface area contributed by atoms with E-state index in [2.05, 4.69) is 15.1 Å². The number of aryl methyl sites for hydroxylation is 1. The molecule has 0 spiro atoms. The number of anilines is 1. The number of methoxy groups -OCH3 is 1. The molecule has 0 aliphatic heterocycles. The van der Waals surface area contributed by atoms with Crippen molar-refractivity contribution in [2.45, 2.75) is 32.4 Å². The topological polar surface area (TPSA) is 135 Å². The summed E-state index contributed by atoms with van der Waals surface area (Å²) in [6.45, 7) is 3.46. The highest BCUT2D eigenvalue weighted by Gasteiger charge is 2.28. The fraction of sp³-hybridized carbons (Fsp3) is 0.320.